The molecular formula is C21H30N2O4. The summed E-state index contributed by atoms with van der Waals surface area (Å²) in [7, 11) is 0. The monoisotopic (exact) mass is 374 g/mol. The van der Waals surface area contributed by atoms with Gasteiger partial charge in [0.15, 0.2) is 0 Å². The van der Waals surface area contributed by atoms with Crippen LogP contribution in [0.5, 0.6) is 5.75 Å². The van der Waals surface area contributed by atoms with Crippen LogP contribution in [0.4, 0.5) is 0 Å². The van der Waals surface area contributed by atoms with Crippen LogP contribution in [0.25, 0.3) is 0 Å². The molecule has 0 unspecified atom stereocenters. The highest BCUT2D eigenvalue weighted by molar-refractivity contribution is 5.83. The van der Waals surface area contributed by atoms with Crippen molar-refractivity contribution in [2.75, 3.05) is 32.8 Å². The third-order valence-corrected chi connectivity index (χ3v) is 6.33. The predicted molar refractivity (Wildman–Crippen MR) is 103 cm³/mol. The molecule has 6 heteroatoms. The van der Waals surface area contributed by atoms with Crippen LogP contribution < -0.4 is 4.74 Å². The molecule has 2 aliphatic rings. The minimum atomic E-state index is -0.883. The number of likely N-dealkylation sites (tertiary alicyclic amines) is 2. The smallest absolute Gasteiger partial charge is 0.326 e. The second-order valence-corrected chi connectivity index (χ2v) is 8.09. The van der Waals surface area contributed by atoms with E-state index in [4.69, 9.17) is 4.74 Å². The molecule has 1 spiro atoms. The Morgan fingerprint density at radius 2 is 1.96 bits per heavy atom. The first kappa shape index (κ1) is 19.7. The molecule has 2 fully saturated rings. The minimum Gasteiger partial charge on any atom is -0.492 e. The van der Waals surface area contributed by atoms with Gasteiger partial charge in [-0.1, -0.05) is 12.1 Å². The van der Waals surface area contributed by atoms with Gasteiger partial charge in [-0.3, -0.25) is 9.69 Å². The lowest BCUT2D eigenvalue weighted by Gasteiger charge is -2.39. The topological polar surface area (TPSA) is 70.1 Å². The quantitative estimate of drug-likeness (QED) is 0.857. The number of nitrogens with zero attached hydrogens (tertiary/aromatic N) is 2. The van der Waals surface area contributed by atoms with Crippen molar-refractivity contribution in [3.8, 4) is 5.75 Å². The Kier molecular flexibility index (Phi) is 5.75. The number of hydrogen-bond donors (Lipinski definition) is 1. The highest BCUT2D eigenvalue weighted by Crippen LogP contribution is 2.43. The summed E-state index contributed by atoms with van der Waals surface area (Å²) < 4.78 is 5.96. The molecule has 1 amide bonds. The van der Waals surface area contributed by atoms with Gasteiger partial charge in [0.1, 0.15) is 18.4 Å². The molecule has 148 valence electrons. The van der Waals surface area contributed by atoms with Crippen molar-refractivity contribution in [1.82, 2.24) is 9.80 Å². The number of hydrogen-bond acceptors (Lipinski definition) is 4. The van der Waals surface area contributed by atoms with Gasteiger partial charge in [-0.25, -0.2) is 4.79 Å². The fourth-order valence-corrected chi connectivity index (χ4v) is 4.39. The van der Waals surface area contributed by atoms with Crippen LogP contribution in [0.3, 0.4) is 0 Å². The lowest BCUT2D eigenvalue weighted by Crippen LogP contribution is -2.43. The summed E-state index contributed by atoms with van der Waals surface area (Å²) in [5.74, 6) is -0.0734. The van der Waals surface area contributed by atoms with Crippen LogP contribution >= 0.6 is 0 Å². The number of aryl methyl sites for hydroxylation is 1. The van der Waals surface area contributed by atoms with E-state index in [1.165, 1.54) is 18.1 Å². The van der Waals surface area contributed by atoms with Crippen molar-refractivity contribution < 1.29 is 19.4 Å². The first-order valence-corrected chi connectivity index (χ1v) is 9.73. The van der Waals surface area contributed by atoms with Gasteiger partial charge in [-0.05, 0) is 68.8 Å². The Hall–Kier alpha value is -2.08. The van der Waals surface area contributed by atoms with Gasteiger partial charge in [-0.15, -0.1) is 0 Å². The van der Waals surface area contributed by atoms with Crippen molar-refractivity contribution in [2.24, 2.45) is 5.41 Å². The zero-order valence-corrected chi connectivity index (χ0v) is 16.5. The van der Waals surface area contributed by atoms with Crippen molar-refractivity contribution in [3.63, 3.8) is 0 Å². The van der Waals surface area contributed by atoms with Crippen LogP contribution in [-0.4, -0.2) is 65.6 Å². The normalized spacial score (nSPS) is 22.2. The molecule has 2 heterocycles. The molecule has 1 atom stereocenters. The number of aliphatic carboxylic acids is 1. The van der Waals surface area contributed by atoms with E-state index in [1.807, 2.05) is 12.1 Å². The van der Waals surface area contributed by atoms with E-state index in [2.05, 4.69) is 24.8 Å². The number of carboxylic acids is 1. The van der Waals surface area contributed by atoms with E-state index in [-0.39, 0.29) is 11.3 Å². The van der Waals surface area contributed by atoms with Crippen LogP contribution in [-0.2, 0) is 9.59 Å². The largest absolute Gasteiger partial charge is 0.492 e. The second-order valence-electron chi connectivity index (χ2n) is 8.09. The maximum absolute atomic E-state index is 11.8. The van der Waals surface area contributed by atoms with Gasteiger partial charge in [0.05, 0.1) is 0 Å². The Balaban J connectivity index is 1.50. The maximum Gasteiger partial charge on any atom is 0.326 e. The van der Waals surface area contributed by atoms with Gasteiger partial charge in [0, 0.05) is 20.0 Å². The molecule has 0 radical (unpaired) electrons. The Morgan fingerprint density at radius 1 is 1.26 bits per heavy atom. The van der Waals surface area contributed by atoms with Crippen LogP contribution in [0, 0.1) is 19.3 Å². The summed E-state index contributed by atoms with van der Waals surface area (Å²) in [5, 5.41) is 9.44. The van der Waals surface area contributed by atoms with E-state index in [0.29, 0.717) is 19.6 Å². The molecule has 1 N–H and O–H groups in total. The molecule has 3 rings (SSSR count). The molecule has 0 saturated carbocycles. The molecule has 0 bridgehead atoms. The summed E-state index contributed by atoms with van der Waals surface area (Å²) in [6, 6.07) is 5.45. The number of rotatable bonds is 5. The molecular weight excluding hydrogens is 344 g/mol. The third-order valence-electron chi connectivity index (χ3n) is 6.33. The molecule has 0 aromatic heterocycles. The van der Waals surface area contributed by atoms with Crippen molar-refractivity contribution in [1.29, 1.82) is 0 Å². The Morgan fingerprint density at radius 3 is 2.56 bits per heavy atom. The van der Waals surface area contributed by atoms with Gasteiger partial charge < -0.3 is 14.7 Å². The highest BCUT2D eigenvalue weighted by Gasteiger charge is 2.48. The highest BCUT2D eigenvalue weighted by atomic mass is 16.5. The average Bonchev–Trinajstić information content (AvgIpc) is 3.01. The number of carbonyl (C=O) groups excluding carboxylic acids is 1. The molecule has 6 nitrogen and oxygen atoms in total. The van der Waals surface area contributed by atoms with Crippen LogP contribution in [0.15, 0.2) is 18.2 Å². The van der Waals surface area contributed by atoms with Crippen LogP contribution in [0.2, 0.25) is 0 Å². The van der Waals surface area contributed by atoms with Crippen molar-refractivity contribution in [3.05, 3.63) is 29.3 Å². The maximum atomic E-state index is 11.8. The van der Waals surface area contributed by atoms with Gasteiger partial charge >= 0.3 is 5.97 Å². The fraction of sp³-hybridized carbons (Fsp3) is 0.619. The number of ether oxygens (including phenoxy) is 1. The van der Waals surface area contributed by atoms with Crippen LogP contribution in [0.1, 0.15) is 37.3 Å². The number of amides is 1. The lowest BCUT2D eigenvalue weighted by molar-refractivity contribution is -0.147. The fourth-order valence-electron chi connectivity index (χ4n) is 4.39. The summed E-state index contributed by atoms with van der Waals surface area (Å²) in [6.45, 7) is 9.57. The number of piperidine rings is 1. The van der Waals surface area contributed by atoms with Gasteiger partial charge in [0.2, 0.25) is 5.91 Å². The first-order valence-electron chi connectivity index (χ1n) is 9.73. The number of carboxylic acid groups (broad SMARTS) is 1. The minimum absolute atomic E-state index is 0.0424. The Labute approximate surface area is 161 Å². The third kappa shape index (κ3) is 4.26. The van der Waals surface area contributed by atoms with Crippen molar-refractivity contribution in [2.45, 2.75) is 46.1 Å². The number of carbonyl (C=O) groups is 2. The second kappa shape index (κ2) is 7.89. The summed E-state index contributed by atoms with van der Waals surface area (Å²) in [4.78, 5) is 27.2. The van der Waals surface area contributed by atoms with Gasteiger partial charge in [0.25, 0.3) is 0 Å². The van der Waals surface area contributed by atoms with E-state index in [1.54, 1.807) is 4.90 Å². The van der Waals surface area contributed by atoms with E-state index < -0.39 is 12.0 Å². The van der Waals surface area contributed by atoms with E-state index in [0.717, 1.165) is 38.2 Å². The molecule has 27 heavy (non-hydrogen) atoms. The molecule has 1 aromatic rings. The zero-order valence-electron chi connectivity index (χ0n) is 16.5. The Bertz CT molecular complexity index is 686. The zero-order chi connectivity index (χ0) is 19.6. The molecule has 0 aliphatic carbocycles. The predicted octanol–water partition coefficient (Wildman–Crippen LogP) is 2.47. The van der Waals surface area contributed by atoms with Gasteiger partial charge in [-0.2, -0.15) is 0 Å². The van der Waals surface area contributed by atoms with Crippen molar-refractivity contribution >= 4 is 11.9 Å². The first-order chi connectivity index (χ1) is 12.8. The molecule has 2 aliphatic heterocycles. The molecule has 1 aromatic carbocycles. The van der Waals surface area contributed by atoms with E-state index in [9.17, 15) is 14.7 Å². The standard InChI is InChI=1S/C21H30N2O4/c1-15-5-4-6-19(16(15)2)27-12-11-22-9-7-21(8-10-22)13-18(20(25)26)23(14-21)17(3)24/h4-6,18H,7-14H2,1-3H3,(H,25,26)/t18-/m1/s1. The number of benzene rings is 1. The SMILES string of the molecule is CC(=O)N1CC2(CCN(CCOc3cccc(C)c3C)CC2)C[C@@H]1C(=O)O. The summed E-state index contributed by atoms with van der Waals surface area (Å²) in [5.41, 5.74) is 2.38. The summed E-state index contributed by atoms with van der Waals surface area (Å²) >= 11 is 0. The average molecular weight is 374 g/mol. The summed E-state index contributed by atoms with van der Waals surface area (Å²) in [6.07, 6.45) is 2.45. The lowest BCUT2D eigenvalue weighted by atomic mass is 9.76. The molecule has 2 saturated heterocycles. The van der Waals surface area contributed by atoms with E-state index >= 15 is 0 Å².